The molecule has 8 heteroatoms. The molecule has 0 atom stereocenters. The number of nitrogens with one attached hydrogen (secondary N) is 2. The second-order valence-corrected chi connectivity index (χ2v) is 7.06. The van der Waals surface area contributed by atoms with Crippen LogP contribution >= 0.6 is 12.4 Å². The molecule has 2 rings (SSSR count). The first-order valence-electron chi connectivity index (χ1n) is 7.57. The van der Waals surface area contributed by atoms with Crippen LogP contribution in [0.15, 0.2) is 23.1 Å². The molecular formula is C15H24ClN3O3S. The summed E-state index contributed by atoms with van der Waals surface area (Å²) in [6, 6.07) is 5.02. The van der Waals surface area contributed by atoms with Crippen molar-refractivity contribution in [3.8, 4) is 0 Å². The standard InChI is InChI=1S/C15H23N3O3S.ClH/c1-3-17-22(20,21)13-7-6-12-8-10-18(14(12)11-13)15(19)5-4-9-16-2;/h6-7,11,16-17H,3-5,8-10H2,1-2H3;1H. The van der Waals surface area contributed by atoms with E-state index in [4.69, 9.17) is 0 Å². The van der Waals surface area contributed by atoms with Crippen molar-refractivity contribution in [2.24, 2.45) is 0 Å². The molecule has 0 saturated heterocycles. The van der Waals surface area contributed by atoms with Crippen LogP contribution in [0.3, 0.4) is 0 Å². The van der Waals surface area contributed by atoms with Gasteiger partial charge in [0.15, 0.2) is 0 Å². The topological polar surface area (TPSA) is 78.5 Å². The van der Waals surface area contributed by atoms with Gasteiger partial charge in [-0.15, -0.1) is 12.4 Å². The highest BCUT2D eigenvalue weighted by Gasteiger charge is 2.26. The normalized spacial score (nSPS) is 13.6. The van der Waals surface area contributed by atoms with Gasteiger partial charge in [0, 0.05) is 25.2 Å². The summed E-state index contributed by atoms with van der Waals surface area (Å²) in [6.45, 7) is 3.49. The molecule has 1 amide bonds. The van der Waals surface area contributed by atoms with Crippen molar-refractivity contribution in [3.63, 3.8) is 0 Å². The van der Waals surface area contributed by atoms with Crippen molar-refractivity contribution in [1.82, 2.24) is 10.0 Å². The maximum atomic E-state index is 12.3. The van der Waals surface area contributed by atoms with Crippen molar-refractivity contribution in [2.75, 3.05) is 31.6 Å². The first-order valence-corrected chi connectivity index (χ1v) is 9.05. The van der Waals surface area contributed by atoms with Crippen molar-refractivity contribution in [2.45, 2.75) is 31.1 Å². The Kier molecular flexibility index (Phi) is 7.47. The van der Waals surface area contributed by atoms with Crippen LogP contribution in [-0.4, -0.2) is 41.0 Å². The molecule has 23 heavy (non-hydrogen) atoms. The number of amides is 1. The van der Waals surface area contributed by atoms with Gasteiger partial charge >= 0.3 is 0 Å². The Balaban J connectivity index is 0.00000264. The van der Waals surface area contributed by atoms with Gasteiger partial charge in [0.05, 0.1) is 4.90 Å². The van der Waals surface area contributed by atoms with Crippen molar-refractivity contribution < 1.29 is 13.2 Å². The van der Waals surface area contributed by atoms with Crippen molar-refractivity contribution in [1.29, 1.82) is 0 Å². The van der Waals surface area contributed by atoms with Crippen LogP contribution in [0.25, 0.3) is 0 Å². The molecule has 0 aliphatic carbocycles. The highest BCUT2D eigenvalue weighted by Crippen LogP contribution is 2.31. The largest absolute Gasteiger partial charge is 0.320 e. The number of hydrogen-bond donors (Lipinski definition) is 2. The van der Waals surface area contributed by atoms with E-state index < -0.39 is 10.0 Å². The van der Waals surface area contributed by atoms with Gasteiger partial charge in [-0.3, -0.25) is 4.79 Å². The predicted octanol–water partition coefficient (Wildman–Crippen LogP) is 1.30. The summed E-state index contributed by atoms with van der Waals surface area (Å²) in [5.74, 6) is 0.0481. The summed E-state index contributed by atoms with van der Waals surface area (Å²) in [6.07, 6.45) is 2.01. The van der Waals surface area contributed by atoms with Crippen LogP contribution in [0.4, 0.5) is 5.69 Å². The monoisotopic (exact) mass is 361 g/mol. The Bertz CT molecular complexity index is 649. The number of nitrogens with zero attached hydrogens (tertiary/aromatic N) is 1. The lowest BCUT2D eigenvalue weighted by Crippen LogP contribution is -2.29. The number of halogens is 1. The number of rotatable bonds is 7. The van der Waals surface area contributed by atoms with Crippen LogP contribution in [0.1, 0.15) is 25.3 Å². The third kappa shape index (κ3) is 4.67. The fourth-order valence-corrected chi connectivity index (χ4v) is 3.67. The maximum absolute atomic E-state index is 12.3. The van der Waals surface area contributed by atoms with E-state index in [1.807, 2.05) is 7.05 Å². The second-order valence-electron chi connectivity index (χ2n) is 5.29. The first kappa shape index (κ1) is 19.9. The lowest BCUT2D eigenvalue weighted by molar-refractivity contribution is -0.118. The summed E-state index contributed by atoms with van der Waals surface area (Å²) in [7, 11) is -1.65. The molecule has 1 aromatic carbocycles. The van der Waals surface area contributed by atoms with Crippen LogP contribution in [0, 0.1) is 0 Å². The number of sulfonamides is 1. The lowest BCUT2D eigenvalue weighted by atomic mass is 10.2. The van der Waals surface area contributed by atoms with Crippen LogP contribution < -0.4 is 14.9 Å². The second kappa shape index (κ2) is 8.63. The number of benzene rings is 1. The minimum atomic E-state index is -3.50. The fourth-order valence-electron chi connectivity index (χ4n) is 2.61. The van der Waals surface area contributed by atoms with E-state index in [0.717, 1.165) is 30.6 Å². The molecule has 0 unspecified atom stereocenters. The average Bonchev–Trinajstić information content (AvgIpc) is 2.90. The number of hydrogen-bond acceptors (Lipinski definition) is 4. The van der Waals surface area contributed by atoms with Crippen LogP contribution in [0.2, 0.25) is 0 Å². The summed E-state index contributed by atoms with van der Waals surface area (Å²) in [4.78, 5) is 14.2. The van der Waals surface area contributed by atoms with E-state index in [1.54, 1.807) is 30.0 Å². The zero-order valence-corrected chi connectivity index (χ0v) is 15.1. The van der Waals surface area contributed by atoms with Gasteiger partial charge < -0.3 is 10.2 Å². The summed E-state index contributed by atoms with van der Waals surface area (Å²) in [5, 5.41) is 3.02. The molecule has 0 bridgehead atoms. The van der Waals surface area contributed by atoms with E-state index in [0.29, 0.717) is 19.5 Å². The molecule has 0 aromatic heterocycles. The van der Waals surface area contributed by atoms with E-state index in [2.05, 4.69) is 10.0 Å². The molecule has 0 saturated carbocycles. The average molecular weight is 362 g/mol. The van der Waals surface area contributed by atoms with Gasteiger partial charge in [-0.05, 0) is 44.1 Å². The van der Waals surface area contributed by atoms with Gasteiger partial charge in [-0.25, -0.2) is 13.1 Å². The fraction of sp³-hybridized carbons (Fsp3) is 0.533. The minimum Gasteiger partial charge on any atom is -0.320 e. The van der Waals surface area contributed by atoms with Gasteiger partial charge in [0.2, 0.25) is 15.9 Å². The molecular weight excluding hydrogens is 338 g/mol. The van der Waals surface area contributed by atoms with Crippen LogP contribution in [0.5, 0.6) is 0 Å². The van der Waals surface area contributed by atoms with E-state index in [1.165, 1.54) is 0 Å². The van der Waals surface area contributed by atoms with Gasteiger partial charge in [0.1, 0.15) is 0 Å². The first-order chi connectivity index (χ1) is 10.5. The van der Waals surface area contributed by atoms with Gasteiger partial charge in [-0.1, -0.05) is 13.0 Å². The predicted molar refractivity (Wildman–Crippen MR) is 93.8 cm³/mol. The number of fused-ring (bicyclic) bond motifs is 1. The van der Waals surface area contributed by atoms with Crippen molar-refractivity contribution >= 4 is 34.0 Å². The SMILES string of the molecule is CCNS(=O)(=O)c1ccc2c(c1)N(C(=O)CCCNC)CC2.Cl. The highest BCUT2D eigenvalue weighted by atomic mass is 35.5. The molecule has 2 N–H and O–H groups in total. The number of carbonyl (C=O) groups is 1. The molecule has 1 aliphatic heterocycles. The number of carbonyl (C=O) groups excluding carboxylic acids is 1. The summed E-state index contributed by atoms with van der Waals surface area (Å²) >= 11 is 0. The zero-order valence-electron chi connectivity index (χ0n) is 13.5. The Morgan fingerprint density at radius 1 is 1.35 bits per heavy atom. The molecule has 1 heterocycles. The molecule has 6 nitrogen and oxygen atoms in total. The Morgan fingerprint density at radius 3 is 2.74 bits per heavy atom. The van der Waals surface area contributed by atoms with Gasteiger partial charge in [0.25, 0.3) is 0 Å². The molecule has 0 fully saturated rings. The number of anilines is 1. The Morgan fingerprint density at radius 2 is 2.09 bits per heavy atom. The van der Waals surface area contributed by atoms with Crippen LogP contribution in [-0.2, 0) is 21.2 Å². The van der Waals surface area contributed by atoms with Gasteiger partial charge in [-0.2, -0.15) is 0 Å². The minimum absolute atomic E-state index is 0. The molecule has 0 spiro atoms. The summed E-state index contributed by atoms with van der Waals surface area (Å²) in [5.41, 5.74) is 1.76. The highest BCUT2D eigenvalue weighted by molar-refractivity contribution is 7.89. The quantitative estimate of drug-likeness (QED) is 0.717. The van der Waals surface area contributed by atoms with E-state index in [9.17, 15) is 13.2 Å². The molecule has 1 aliphatic rings. The smallest absolute Gasteiger partial charge is 0.240 e. The third-order valence-corrected chi connectivity index (χ3v) is 5.26. The lowest BCUT2D eigenvalue weighted by Gasteiger charge is -2.18. The third-order valence-electron chi connectivity index (χ3n) is 3.72. The molecule has 1 aromatic rings. The molecule has 0 radical (unpaired) electrons. The Hall–Kier alpha value is -1.15. The summed E-state index contributed by atoms with van der Waals surface area (Å²) < 4.78 is 26.7. The van der Waals surface area contributed by atoms with E-state index >= 15 is 0 Å². The van der Waals surface area contributed by atoms with E-state index in [-0.39, 0.29) is 23.2 Å². The molecule has 130 valence electrons. The zero-order chi connectivity index (χ0) is 16.2. The van der Waals surface area contributed by atoms with Crippen molar-refractivity contribution in [3.05, 3.63) is 23.8 Å². The Labute approximate surface area is 144 Å². The maximum Gasteiger partial charge on any atom is 0.240 e.